The smallest absolute Gasteiger partial charge is 0.262 e. The molecule has 3 aromatic rings. The van der Waals surface area contributed by atoms with Crippen LogP contribution >= 0.6 is 0 Å². The number of anilines is 1. The number of amides is 1. The highest BCUT2D eigenvalue weighted by atomic mass is 32.2. The fourth-order valence-corrected chi connectivity index (χ4v) is 3.77. The molecule has 150 valence electrons. The molecule has 0 saturated heterocycles. The second kappa shape index (κ2) is 8.40. The molecule has 8 heteroatoms. The van der Waals surface area contributed by atoms with Crippen LogP contribution < -0.4 is 10.0 Å². The van der Waals surface area contributed by atoms with E-state index in [9.17, 15) is 22.0 Å². The molecular weight excluding hydrogens is 398 g/mol. The van der Waals surface area contributed by atoms with Gasteiger partial charge in [-0.1, -0.05) is 36.4 Å². The summed E-state index contributed by atoms with van der Waals surface area (Å²) in [6.45, 7) is 1.61. The minimum Gasteiger partial charge on any atom is -0.348 e. The predicted molar refractivity (Wildman–Crippen MR) is 106 cm³/mol. The van der Waals surface area contributed by atoms with Crippen LogP contribution in [0.25, 0.3) is 0 Å². The lowest BCUT2D eigenvalue weighted by molar-refractivity contribution is 0.0949. The summed E-state index contributed by atoms with van der Waals surface area (Å²) in [5, 5.41) is 2.58. The molecule has 0 atom stereocenters. The normalized spacial score (nSPS) is 11.1. The van der Waals surface area contributed by atoms with E-state index in [1.165, 1.54) is 42.5 Å². The van der Waals surface area contributed by atoms with Gasteiger partial charge in [-0.15, -0.1) is 0 Å². The zero-order valence-electron chi connectivity index (χ0n) is 15.4. The number of para-hydroxylation sites is 1. The number of hydrogen-bond donors (Lipinski definition) is 2. The molecule has 3 aromatic carbocycles. The Bertz CT molecular complexity index is 1160. The van der Waals surface area contributed by atoms with Gasteiger partial charge in [0.05, 0.1) is 10.6 Å². The lowest BCUT2D eigenvalue weighted by Gasteiger charge is -2.12. The standard InChI is InChI=1S/C21H18F2N2O3S/c1-14-10-11-16(29(27,28)25-20-9-5-4-8-19(20)23)12-17(14)21(26)24-13-15-6-2-3-7-18(15)22/h2-12,25H,13H2,1H3,(H,24,26). The van der Waals surface area contributed by atoms with Crippen LogP contribution in [0.1, 0.15) is 21.5 Å². The number of halogens is 2. The van der Waals surface area contributed by atoms with Gasteiger partial charge < -0.3 is 5.32 Å². The molecular formula is C21H18F2N2O3S. The first-order valence-corrected chi connectivity index (χ1v) is 10.2. The molecule has 29 heavy (non-hydrogen) atoms. The van der Waals surface area contributed by atoms with Crippen LogP contribution in [0.4, 0.5) is 14.5 Å². The summed E-state index contributed by atoms with van der Waals surface area (Å²) in [6, 6.07) is 15.4. The van der Waals surface area contributed by atoms with Gasteiger partial charge in [-0.05, 0) is 42.8 Å². The quantitative estimate of drug-likeness (QED) is 0.638. The fraction of sp³-hybridized carbons (Fsp3) is 0.0952. The monoisotopic (exact) mass is 416 g/mol. The van der Waals surface area contributed by atoms with Gasteiger partial charge in [0.15, 0.2) is 0 Å². The Balaban J connectivity index is 1.82. The Morgan fingerprint density at radius 3 is 2.28 bits per heavy atom. The highest BCUT2D eigenvalue weighted by molar-refractivity contribution is 7.92. The number of rotatable bonds is 6. The van der Waals surface area contributed by atoms with Crippen LogP contribution in [0.15, 0.2) is 71.6 Å². The molecule has 0 aliphatic heterocycles. The first-order chi connectivity index (χ1) is 13.8. The molecule has 0 aromatic heterocycles. The molecule has 0 saturated carbocycles. The maximum Gasteiger partial charge on any atom is 0.262 e. The van der Waals surface area contributed by atoms with E-state index >= 15 is 0 Å². The molecule has 0 spiro atoms. The van der Waals surface area contributed by atoms with Crippen molar-refractivity contribution in [3.63, 3.8) is 0 Å². The van der Waals surface area contributed by atoms with Gasteiger partial charge in [-0.2, -0.15) is 0 Å². The van der Waals surface area contributed by atoms with Crippen LogP contribution in [-0.2, 0) is 16.6 Å². The molecule has 0 aliphatic carbocycles. The van der Waals surface area contributed by atoms with Gasteiger partial charge in [0, 0.05) is 17.7 Å². The number of aryl methyl sites for hydroxylation is 1. The van der Waals surface area contributed by atoms with E-state index in [-0.39, 0.29) is 22.7 Å². The van der Waals surface area contributed by atoms with Crippen molar-refractivity contribution in [2.24, 2.45) is 0 Å². The van der Waals surface area contributed by atoms with Crippen LogP contribution in [0, 0.1) is 18.6 Å². The summed E-state index contributed by atoms with van der Waals surface area (Å²) < 4.78 is 54.9. The van der Waals surface area contributed by atoms with Crippen molar-refractivity contribution in [3.05, 3.63) is 95.1 Å². The van der Waals surface area contributed by atoms with Gasteiger partial charge in [0.25, 0.3) is 15.9 Å². The average Bonchev–Trinajstić information content (AvgIpc) is 2.69. The summed E-state index contributed by atoms with van der Waals surface area (Å²) >= 11 is 0. The largest absolute Gasteiger partial charge is 0.348 e. The van der Waals surface area contributed by atoms with Gasteiger partial charge in [-0.3, -0.25) is 9.52 Å². The van der Waals surface area contributed by atoms with Crippen molar-refractivity contribution < 1.29 is 22.0 Å². The number of carbonyl (C=O) groups excluding carboxylic acids is 1. The second-order valence-corrected chi connectivity index (χ2v) is 8.02. The minimum atomic E-state index is -4.11. The van der Waals surface area contributed by atoms with E-state index in [2.05, 4.69) is 10.0 Å². The van der Waals surface area contributed by atoms with Gasteiger partial charge in [0.2, 0.25) is 0 Å². The Labute approximate surface area is 167 Å². The third-order valence-electron chi connectivity index (χ3n) is 4.28. The van der Waals surface area contributed by atoms with Crippen molar-refractivity contribution in [2.45, 2.75) is 18.4 Å². The number of carbonyl (C=O) groups is 1. The number of nitrogens with one attached hydrogen (secondary N) is 2. The molecule has 5 nitrogen and oxygen atoms in total. The molecule has 0 unspecified atom stereocenters. The lowest BCUT2D eigenvalue weighted by atomic mass is 10.1. The first kappa shape index (κ1) is 20.5. The van der Waals surface area contributed by atoms with E-state index in [1.54, 1.807) is 25.1 Å². The van der Waals surface area contributed by atoms with Gasteiger partial charge >= 0.3 is 0 Å². The van der Waals surface area contributed by atoms with Gasteiger partial charge in [-0.25, -0.2) is 17.2 Å². The van der Waals surface area contributed by atoms with Crippen molar-refractivity contribution in [2.75, 3.05) is 4.72 Å². The maximum atomic E-state index is 13.8. The van der Waals surface area contributed by atoms with Crippen molar-refractivity contribution in [3.8, 4) is 0 Å². The van der Waals surface area contributed by atoms with E-state index in [1.807, 2.05) is 0 Å². The molecule has 2 N–H and O–H groups in total. The summed E-state index contributed by atoms with van der Waals surface area (Å²) in [5.74, 6) is -1.71. The van der Waals surface area contributed by atoms with Crippen molar-refractivity contribution in [1.29, 1.82) is 0 Å². The van der Waals surface area contributed by atoms with Crippen LogP contribution in [0.2, 0.25) is 0 Å². The summed E-state index contributed by atoms with van der Waals surface area (Å²) in [4.78, 5) is 12.3. The van der Waals surface area contributed by atoms with Crippen molar-refractivity contribution in [1.82, 2.24) is 5.32 Å². The zero-order valence-corrected chi connectivity index (χ0v) is 16.3. The number of sulfonamides is 1. The SMILES string of the molecule is Cc1ccc(S(=O)(=O)Nc2ccccc2F)cc1C(=O)NCc1ccccc1F. The molecule has 3 rings (SSSR count). The van der Waals surface area contributed by atoms with Crippen LogP contribution in [0.3, 0.4) is 0 Å². The third-order valence-corrected chi connectivity index (χ3v) is 5.64. The Hall–Kier alpha value is -3.26. The van der Waals surface area contributed by atoms with E-state index in [4.69, 9.17) is 0 Å². The highest BCUT2D eigenvalue weighted by Gasteiger charge is 2.19. The van der Waals surface area contributed by atoms with Crippen LogP contribution in [-0.4, -0.2) is 14.3 Å². The Morgan fingerprint density at radius 2 is 1.59 bits per heavy atom. The van der Waals surface area contributed by atoms with E-state index < -0.39 is 27.6 Å². The molecule has 0 aliphatic rings. The zero-order chi connectivity index (χ0) is 21.0. The molecule has 1 amide bonds. The van der Waals surface area contributed by atoms with Gasteiger partial charge in [0.1, 0.15) is 11.6 Å². The predicted octanol–water partition coefficient (Wildman–Crippen LogP) is 4.00. The highest BCUT2D eigenvalue weighted by Crippen LogP contribution is 2.21. The minimum absolute atomic E-state index is 0.0462. The maximum absolute atomic E-state index is 13.8. The lowest BCUT2D eigenvalue weighted by Crippen LogP contribution is -2.24. The topological polar surface area (TPSA) is 75.3 Å². The summed E-state index contributed by atoms with van der Waals surface area (Å²) in [6.07, 6.45) is 0. The number of benzene rings is 3. The Kier molecular flexibility index (Phi) is 5.93. The molecule has 0 bridgehead atoms. The molecule has 0 radical (unpaired) electrons. The van der Waals surface area contributed by atoms with E-state index in [0.29, 0.717) is 11.1 Å². The van der Waals surface area contributed by atoms with Crippen molar-refractivity contribution >= 4 is 21.6 Å². The average molecular weight is 416 g/mol. The summed E-state index contributed by atoms with van der Waals surface area (Å²) in [7, 11) is -4.11. The second-order valence-electron chi connectivity index (χ2n) is 6.34. The van der Waals surface area contributed by atoms with E-state index in [0.717, 1.165) is 6.07 Å². The molecule has 0 fully saturated rings. The van der Waals surface area contributed by atoms with Crippen LogP contribution in [0.5, 0.6) is 0 Å². The first-order valence-electron chi connectivity index (χ1n) is 8.67. The molecule has 0 heterocycles. The summed E-state index contributed by atoms with van der Waals surface area (Å²) in [5.41, 5.74) is 0.778. The third kappa shape index (κ3) is 4.78. The number of hydrogen-bond acceptors (Lipinski definition) is 3. The Morgan fingerprint density at radius 1 is 0.931 bits per heavy atom. The fourth-order valence-electron chi connectivity index (χ4n) is 2.67.